The van der Waals surface area contributed by atoms with Gasteiger partial charge >= 0.3 is 12.2 Å². The van der Waals surface area contributed by atoms with Crippen LogP contribution in [0.3, 0.4) is 0 Å². The fourth-order valence-corrected chi connectivity index (χ4v) is 9.18. The van der Waals surface area contributed by atoms with Crippen molar-refractivity contribution in [1.82, 2.24) is 28.9 Å². The molecule has 4 amide bonds. The van der Waals surface area contributed by atoms with Crippen molar-refractivity contribution in [3.05, 3.63) is 80.9 Å². The molecule has 286 valence electrons. The van der Waals surface area contributed by atoms with Gasteiger partial charge < -0.3 is 34.9 Å². The summed E-state index contributed by atoms with van der Waals surface area (Å²) in [7, 11) is 3.47. The minimum absolute atomic E-state index is 0.0911. The van der Waals surface area contributed by atoms with E-state index < -0.39 is 40.4 Å². The maximum atomic E-state index is 14.0. The number of halogens is 2. The molecule has 6 rings (SSSR count). The lowest BCUT2D eigenvalue weighted by Crippen LogP contribution is -2.66. The van der Waals surface area contributed by atoms with Crippen LogP contribution in [0.2, 0.25) is 10.0 Å². The van der Waals surface area contributed by atoms with Crippen LogP contribution in [-0.2, 0) is 39.0 Å². The highest BCUT2D eigenvalue weighted by molar-refractivity contribution is 6.40. The van der Waals surface area contributed by atoms with E-state index in [1.807, 2.05) is 41.5 Å². The molecule has 4 aromatic rings. The lowest BCUT2D eigenvalue weighted by atomic mass is 9.56. The number of amides is 4. The first-order chi connectivity index (χ1) is 25.2. The van der Waals surface area contributed by atoms with Crippen LogP contribution < -0.4 is 10.6 Å². The predicted molar refractivity (Wildman–Crippen MR) is 205 cm³/mol. The van der Waals surface area contributed by atoms with Gasteiger partial charge in [-0.05, 0) is 23.0 Å². The van der Waals surface area contributed by atoms with Crippen LogP contribution >= 0.6 is 23.2 Å². The zero-order chi connectivity index (χ0) is 39.7. The van der Waals surface area contributed by atoms with Gasteiger partial charge in [0, 0.05) is 62.5 Å². The third-order valence-corrected chi connectivity index (χ3v) is 11.5. The largest absolute Gasteiger partial charge is 0.465 e. The van der Waals surface area contributed by atoms with Crippen molar-refractivity contribution in [2.24, 2.45) is 24.9 Å². The number of imidazole rings is 2. The number of carbonyl (C=O) groups excluding carboxylic acids is 2. The van der Waals surface area contributed by atoms with Crippen LogP contribution in [0.5, 0.6) is 0 Å². The van der Waals surface area contributed by atoms with Gasteiger partial charge in [-0.3, -0.25) is 14.5 Å². The maximum absolute atomic E-state index is 14.0. The Kier molecular flexibility index (Phi) is 9.77. The van der Waals surface area contributed by atoms with E-state index in [1.54, 1.807) is 59.6 Å². The SMILES string of the molecule is Cn1c(C(=O)Nc2cccc(-c3cccc(NC(=O)c4nc5c(n4C)CCN(C(=O)O)C5(C(C)(C)C)C(C)(C)C)c3Cl)c2Cl)nc2c1CCN(C(=O)O)C2. The van der Waals surface area contributed by atoms with Crippen LogP contribution in [0.15, 0.2) is 36.4 Å². The van der Waals surface area contributed by atoms with E-state index >= 15 is 0 Å². The number of anilines is 2. The number of benzene rings is 2. The van der Waals surface area contributed by atoms with Gasteiger partial charge in [0.1, 0.15) is 0 Å². The van der Waals surface area contributed by atoms with Crippen molar-refractivity contribution >= 4 is 58.6 Å². The zero-order valence-corrected chi connectivity index (χ0v) is 33.0. The summed E-state index contributed by atoms with van der Waals surface area (Å²) in [5, 5.41) is 25.9. The smallest absolute Gasteiger partial charge is 0.408 e. The molecular weight excluding hydrogens is 735 g/mol. The standard InChI is InChI=1S/C38H44Cl2N8O6/c1-36(2,3)38(37(4,5)6)29-26(16-18-48(38)35(53)54)46(8)31(44-29)33(50)43-23-14-10-12-21(28(23)40)20-11-9-13-22(27(20)39)42-32(49)30-41-24-19-47(34(51)52)17-15-25(24)45(30)7/h9-14H,15-19H2,1-8H3,(H,42,49)(H,43,50)(H,51,52)(H,53,54). The number of carboxylic acid groups (broad SMARTS) is 2. The number of nitrogens with zero attached hydrogens (tertiary/aromatic N) is 6. The molecule has 2 aromatic heterocycles. The highest BCUT2D eigenvalue weighted by Crippen LogP contribution is 2.57. The number of aromatic nitrogens is 4. The second-order valence-corrected chi connectivity index (χ2v) is 16.5. The zero-order valence-electron chi connectivity index (χ0n) is 31.5. The molecule has 4 N–H and O–H groups in total. The molecule has 2 aliphatic heterocycles. The number of carbonyl (C=O) groups is 4. The fraction of sp³-hybridized carbons (Fsp3) is 0.421. The molecule has 0 saturated carbocycles. The van der Waals surface area contributed by atoms with Crippen LogP contribution in [0, 0.1) is 10.8 Å². The van der Waals surface area contributed by atoms with E-state index in [0.717, 1.165) is 11.4 Å². The second kappa shape index (κ2) is 13.6. The van der Waals surface area contributed by atoms with Gasteiger partial charge in [-0.15, -0.1) is 0 Å². The minimum atomic E-state index is -1.05. The van der Waals surface area contributed by atoms with E-state index in [9.17, 15) is 29.4 Å². The molecule has 54 heavy (non-hydrogen) atoms. The van der Waals surface area contributed by atoms with Crippen molar-refractivity contribution in [2.75, 3.05) is 23.7 Å². The molecule has 0 fully saturated rings. The molecule has 0 aliphatic carbocycles. The highest BCUT2D eigenvalue weighted by Gasteiger charge is 2.61. The third kappa shape index (κ3) is 6.14. The lowest BCUT2D eigenvalue weighted by Gasteiger charge is -2.59. The Hall–Kier alpha value is -5.08. The van der Waals surface area contributed by atoms with E-state index in [0.29, 0.717) is 53.3 Å². The van der Waals surface area contributed by atoms with Gasteiger partial charge in [-0.1, -0.05) is 89.0 Å². The number of hydrogen-bond donors (Lipinski definition) is 4. The molecule has 0 unspecified atom stereocenters. The minimum Gasteiger partial charge on any atom is -0.465 e. The summed E-state index contributed by atoms with van der Waals surface area (Å²) in [6.45, 7) is 12.6. The van der Waals surface area contributed by atoms with Crippen LogP contribution in [0.25, 0.3) is 11.1 Å². The Labute approximate surface area is 323 Å². The summed E-state index contributed by atoms with van der Waals surface area (Å²) in [6.07, 6.45) is -1.27. The van der Waals surface area contributed by atoms with Gasteiger partial charge in [-0.2, -0.15) is 0 Å². The molecular formula is C38H44Cl2N8O6. The Morgan fingerprint density at radius 2 is 1.20 bits per heavy atom. The summed E-state index contributed by atoms with van der Waals surface area (Å²) < 4.78 is 3.40. The summed E-state index contributed by atoms with van der Waals surface area (Å²) in [5.74, 6) is -0.821. The van der Waals surface area contributed by atoms with Gasteiger partial charge in [-0.25, -0.2) is 19.6 Å². The van der Waals surface area contributed by atoms with Crippen molar-refractivity contribution in [1.29, 1.82) is 0 Å². The quantitative estimate of drug-likeness (QED) is 0.161. The Morgan fingerprint density at radius 1 is 0.722 bits per heavy atom. The van der Waals surface area contributed by atoms with E-state index in [4.69, 9.17) is 28.2 Å². The first kappa shape index (κ1) is 38.6. The first-order valence-corrected chi connectivity index (χ1v) is 18.2. The molecule has 2 aliphatic rings. The Morgan fingerprint density at radius 3 is 1.69 bits per heavy atom. The van der Waals surface area contributed by atoms with Crippen molar-refractivity contribution in [3.63, 3.8) is 0 Å². The normalized spacial score (nSPS) is 15.4. The first-order valence-electron chi connectivity index (χ1n) is 17.5. The molecule has 14 nitrogen and oxygen atoms in total. The van der Waals surface area contributed by atoms with Gasteiger partial charge in [0.05, 0.1) is 44.9 Å². The van der Waals surface area contributed by atoms with Gasteiger partial charge in [0.25, 0.3) is 11.8 Å². The second-order valence-electron chi connectivity index (χ2n) is 15.8. The average molecular weight is 780 g/mol. The van der Waals surface area contributed by atoms with E-state index in [2.05, 4.69) is 15.6 Å². The topological polar surface area (TPSA) is 175 Å². The Bertz CT molecular complexity index is 2200. The fourth-order valence-electron chi connectivity index (χ4n) is 8.63. The molecule has 0 radical (unpaired) electrons. The van der Waals surface area contributed by atoms with Crippen LogP contribution in [-0.4, -0.2) is 76.2 Å². The average Bonchev–Trinajstić information content (AvgIpc) is 3.61. The van der Waals surface area contributed by atoms with Gasteiger partial charge in [0.2, 0.25) is 0 Å². The van der Waals surface area contributed by atoms with E-state index in [-0.39, 0.29) is 34.8 Å². The molecule has 16 heteroatoms. The summed E-state index contributed by atoms with van der Waals surface area (Å²) >= 11 is 13.8. The summed E-state index contributed by atoms with van der Waals surface area (Å²) in [4.78, 5) is 63.7. The van der Waals surface area contributed by atoms with Crippen molar-refractivity contribution in [2.45, 2.75) is 66.5 Å². The molecule has 2 aromatic carbocycles. The number of rotatable bonds is 5. The molecule has 0 atom stereocenters. The van der Waals surface area contributed by atoms with Crippen molar-refractivity contribution < 1.29 is 29.4 Å². The molecule has 0 saturated heterocycles. The van der Waals surface area contributed by atoms with Gasteiger partial charge in [0.15, 0.2) is 11.6 Å². The maximum Gasteiger partial charge on any atom is 0.408 e. The predicted octanol–water partition coefficient (Wildman–Crippen LogP) is 7.49. The summed E-state index contributed by atoms with van der Waals surface area (Å²) in [6, 6.07) is 10.2. The highest BCUT2D eigenvalue weighted by atomic mass is 35.5. The Balaban J connectivity index is 1.29. The molecule has 0 bridgehead atoms. The number of fused-ring (bicyclic) bond motifs is 2. The molecule has 0 spiro atoms. The lowest BCUT2D eigenvalue weighted by molar-refractivity contribution is -0.0891. The number of hydrogen-bond acceptors (Lipinski definition) is 6. The third-order valence-electron chi connectivity index (χ3n) is 10.7. The van der Waals surface area contributed by atoms with Crippen LogP contribution in [0.1, 0.15) is 85.6 Å². The number of nitrogens with one attached hydrogen (secondary N) is 2. The summed E-state index contributed by atoms with van der Waals surface area (Å²) in [5.41, 5.74) is 2.01. The van der Waals surface area contributed by atoms with Crippen LogP contribution in [0.4, 0.5) is 21.0 Å². The molecule has 4 heterocycles. The van der Waals surface area contributed by atoms with E-state index in [1.165, 1.54) is 9.80 Å². The monoisotopic (exact) mass is 778 g/mol. The van der Waals surface area contributed by atoms with Crippen molar-refractivity contribution in [3.8, 4) is 11.1 Å².